The lowest BCUT2D eigenvalue weighted by molar-refractivity contribution is 0.148. The van der Waals surface area contributed by atoms with Gasteiger partial charge >= 0.3 is 0 Å². The second-order valence-corrected chi connectivity index (χ2v) is 10.8. The summed E-state index contributed by atoms with van der Waals surface area (Å²) < 4.78 is 16.7. The topological polar surface area (TPSA) is 40.1 Å². The zero-order chi connectivity index (χ0) is 26.2. The zero-order valence-corrected chi connectivity index (χ0v) is 22.6. The standard InChI is InChI=1S/C30H28Cl2FN5/c1-36-9-11-37(12-10-36)17-22-13-23(31)8-7-21(22)18-38-19-35-29(20-5-3-2-4-6-20)30(38)25-16-34-28-15-26(32)27(33)14-24(25)28/h2-8,13-16,19,34H,9-12,17-18H2,1H3. The normalized spacial score (nSPS) is 14.9. The molecule has 1 aliphatic rings. The predicted molar refractivity (Wildman–Crippen MR) is 153 cm³/mol. The molecule has 6 rings (SSSR count). The number of aromatic nitrogens is 3. The summed E-state index contributed by atoms with van der Waals surface area (Å²) in [5.41, 5.74) is 6.81. The molecule has 1 saturated heterocycles. The molecule has 5 aromatic rings. The Kier molecular flexibility index (Phi) is 6.97. The number of hydrogen-bond acceptors (Lipinski definition) is 3. The Morgan fingerprint density at radius 3 is 2.50 bits per heavy atom. The van der Waals surface area contributed by atoms with Crippen molar-refractivity contribution in [2.45, 2.75) is 13.1 Å². The number of imidazole rings is 1. The van der Waals surface area contributed by atoms with Crippen LogP contribution < -0.4 is 0 Å². The number of halogens is 3. The van der Waals surface area contributed by atoms with Crippen molar-refractivity contribution in [3.63, 3.8) is 0 Å². The average molecular weight is 548 g/mol. The fraction of sp³-hybridized carbons (Fsp3) is 0.233. The van der Waals surface area contributed by atoms with E-state index in [1.807, 2.05) is 48.9 Å². The van der Waals surface area contributed by atoms with Gasteiger partial charge in [0, 0.05) is 72.5 Å². The molecule has 1 N–H and O–H groups in total. The van der Waals surface area contributed by atoms with E-state index >= 15 is 0 Å². The number of nitrogens with one attached hydrogen (secondary N) is 1. The fourth-order valence-electron chi connectivity index (χ4n) is 5.23. The van der Waals surface area contributed by atoms with Crippen molar-refractivity contribution in [1.82, 2.24) is 24.3 Å². The van der Waals surface area contributed by atoms with Gasteiger partial charge in [-0.2, -0.15) is 0 Å². The molecule has 0 amide bonds. The lowest BCUT2D eigenvalue weighted by atomic mass is 10.0. The SMILES string of the molecule is CN1CCN(Cc2cc(Cl)ccc2Cn2cnc(-c3ccccc3)c2-c2c[nH]c3cc(Cl)c(F)cc23)CC1. The van der Waals surface area contributed by atoms with Crippen molar-refractivity contribution < 1.29 is 4.39 Å². The molecule has 0 radical (unpaired) electrons. The van der Waals surface area contributed by atoms with Crippen molar-refractivity contribution in [3.05, 3.63) is 100 Å². The zero-order valence-electron chi connectivity index (χ0n) is 21.1. The Hall–Kier alpha value is -3.16. The quantitative estimate of drug-likeness (QED) is 0.250. The third kappa shape index (κ3) is 4.97. The van der Waals surface area contributed by atoms with Gasteiger partial charge in [-0.3, -0.25) is 4.90 Å². The number of hydrogen-bond donors (Lipinski definition) is 1. The summed E-state index contributed by atoms with van der Waals surface area (Å²) in [6, 6.07) is 19.3. The van der Waals surface area contributed by atoms with Crippen LogP contribution in [-0.4, -0.2) is 57.6 Å². The maximum Gasteiger partial charge on any atom is 0.142 e. The third-order valence-corrected chi connectivity index (χ3v) is 7.89. The van der Waals surface area contributed by atoms with E-state index in [4.69, 9.17) is 28.2 Å². The van der Waals surface area contributed by atoms with E-state index in [-0.39, 0.29) is 5.02 Å². The van der Waals surface area contributed by atoms with Crippen LogP contribution in [0.4, 0.5) is 4.39 Å². The maximum absolute atomic E-state index is 14.6. The number of piperazine rings is 1. The molecule has 1 fully saturated rings. The highest BCUT2D eigenvalue weighted by Gasteiger charge is 2.21. The molecule has 0 spiro atoms. The van der Waals surface area contributed by atoms with Gasteiger partial charge in [-0.25, -0.2) is 9.37 Å². The summed E-state index contributed by atoms with van der Waals surface area (Å²) in [5, 5.41) is 1.59. The Bertz CT molecular complexity index is 1590. The average Bonchev–Trinajstić information content (AvgIpc) is 3.51. The number of H-pyrrole nitrogens is 1. The summed E-state index contributed by atoms with van der Waals surface area (Å²) >= 11 is 12.5. The number of fused-ring (bicyclic) bond motifs is 1. The van der Waals surface area contributed by atoms with Crippen LogP contribution in [0.5, 0.6) is 0 Å². The number of likely N-dealkylation sites (N-methyl/N-ethyl adjacent to an activating group) is 1. The molecule has 38 heavy (non-hydrogen) atoms. The molecule has 3 aromatic carbocycles. The third-order valence-electron chi connectivity index (χ3n) is 7.36. The van der Waals surface area contributed by atoms with E-state index in [9.17, 15) is 4.39 Å². The molecular formula is C30H28Cl2FN5. The van der Waals surface area contributed by atoms with Crippen LogP contribution in [0.3, 0.4) is 0 Å². The Morgan fingerprint density at radius 2 is 1.71 bits per heavy atom. The first-order valence-corrected chi connectivity index (χ1v) is 13.5. The second-order valence-electron chi connectivity index (χ2n) is 9.94. The molecule has 0 unspecified atom stereocenters. The first-order chi connectivity index (χ1) is 18.5. The van der Waals surface area contributed by atoms with Crippen molar-refractivity contribution in [1.29, 1.82) is 0 Å². The molecule has 1 aliphatic heterocycles. The van der Waals surface area contributed by atoms with Crippen LogP contribution in [0, 0.1) is 5.82 Å². The van der Waals surface area contributed by atoms with Crippen LogP contribution in [0.2, 0.25) is 10.0 Å². The predicted octanol–water partition coefficient (Wildman–Crippen LogP) is 6.94. The smallest absolute Gasteiger partial charge is 0.142 e. The molecule has 5 nitrogen and oxygen atoms in total. The molecular weight excluding hydrogens is 520 g/mol. The van der Waals surface area contributed by atoms with Crippen LogP contribution in [0.25, 0.3) is 33.4 Å². The number of benzene rings is 3. The van der Waals surface area contributed by atoms with Crippen LogP contribution >= 0.6 is 23.2 Å². The van der Waals surface area contributed by atoms with Gasteiger partial charge in [0.1, 0.15) is 5.82 Å². The van der Waals surface area contributed by atoms with Crippen molar-refractivity contribution >= 4 is 34.1 Å². The van der Waals surface area contributed by atoms with E-state index in [0.717, 1.165) is 71.2 Å². The van der Waals surface area contributed by atoms with Crippen molar-refractivity contribution in [2.24, 2.45) is 0 Å². The van der Waals surface area contributed by atoms with Gasteiger partial charge in [0.15, 0.2) is 0 Å². The summed E-state index contributed by atoms with van der Waals surface area (Å²) in [6.07, 6.45) is 3.78. The van der Waals surface area contributed by atoms with E-state index in [2.05, 4.69) is 38.5 Å². The van der Waals surface area contributed by atoms with Crippen LogP contribution in [0.1, 0.15) is 11.1 Å². The summed E-state index contributed by atoms with van der Waals surface area (Å²) in [7, 11) is 2.16. The minimum absolute atomic E-state index is 0.0948. The maximum atomic E-state index is 14.6. The van der Waals surface area contributed by atoms with Crippen LogP contribution in [0.15, 0.2) is 73.2 Å². The van der Waals surface area contributed by atoms with E-state index < -0.39 is 5.82 Å². The van der Waals surface area contributed by atoms with E-state index in [1.54, 1.807) is 6.07 Å². The number of aromatic amines is 1. The largest absolute Gasteiger partial charge is 0.360 e. The van der Waals surface area contributed by atoms with Gasteiger partial charge in [-0.05, 0) is 42.4 Å². The fourth-order valence-corrected chi connectivity index (χ4v) is 5.59. The molecule has 2 aromatic heterocycles. The molecule has 0 atom stereocenters. The molecule has 0 bridgehead atoms. The van der Waals surface area contributed by atoms with Gasteiger partial charge in [-0.15, -0.1) is 0 Å². The van der Waals surface area contributed by atoms with Crippen LogP contribution in [-0.2, 0) is 13.1 Å². The summed E-state index contributed by atoms with van der Waals surface area (Å²) in [5.74, 6) is -0.445. The van der Waals surface area contributed by atoms with Gasteiger partial charge in [-0.1, -0.05) is 59.6 Å². The number of nitrogens with zero attached hydrogens (tertiary/aromatic N) is 4. The van der Waals surface area contributed by atoms with E-state index in [0.29, 0.717) is 6.54 Å². The van der Waals surface area contributed by atoms with Gasteiger partial charge in [0.2, 0.25) is 0 Å². The molecule has 3 heterocycles. The Morgan fingerprint density at radius 1 is 0.921 bits per heavy atom. The first kappa shape index (κ1) is 25.1. The van der Waals surface area contributed by atoms with E-state index in [1.165, 1.54) is 17.2 Å². The summed E-state index contributed by atoms with van der Waals surface area (Å²) in [4.78, 5) is 12.9. The molecule has 0 aliphatic carbocycles. The lowest BCUT2D eigenvalue weighted by Crippen LogP contribution is -2.44. The van der Waals surface area contributed by atoms with Crippen molar-refractivity contribution in [2.75, 3.05) is 33.2 Å². The molecule has 8 heteroatoms. The van der Waals surface area contributed by atoms with Gasteiger partial charge < -0.3 is 14.5 Å². The Labute approximate surface area is 231 Å². The molecule has 0 saturated carbocycles. The van der Waals surface area contributed by atoms with Gasteiger partial charge in [0.05, 0.1) is 22.7 Å². The highest BCUT2D eigenvalue weighted by atomic mass is 35.5. The van der Waals surface area contributed by atoms with Gasteiger partial charge in [0.25, 0.3) is 0 Å². The highest BCUT2D eigenvalue weighted by Crippen LogP contribution is 2.37. The second kappa shape index (κ2) is 10.5. The first-order valence-electron chi connectivity index (χ1n) is 12.7. The Balaban J connectivity index is 1.44. The summed E-state index contributed by atoms with van der Waals surface area (Å²) in [6.45, 7) is 5.63. The highest BCUT2D eigenvalue weighted by molar-refractivity contribution is 6.31. The lowest BCUT2D eigenvalue weighted by Gasteiger charge is -2.32. The van der Waals surface area contributed by atoms with Crippen molar-refractivity contribution in [3.8, 4) is 22.5 Å². The number of rotatable bonds is 6. The minimum atomic E-state index is -0.445. The minimum Gasteiger partial charge on any atom is -0.360 e. The molecule has 194 valence electrons. The monoisotopic (exact) mass is 547 g/mol.